The predicted octanol–water partition coefficient (Wildman–Crippen LogP) is 5.37. The highest BCUT2D eigenvalue weighted by Crippen LogP contribution is 2.36. The lowest BCUT2D eigenvalue weighted by Crippen LogP contribution is -2.41. The maximum absolute atomic E-state index is 6.22. The number of hydrogen-bond acceptors (Lipinski definition) is 4. The minimum Gasteiger partial charge on any atom is -0.399 e. The summed E-state index contributed by atoms with van der Waals surface area (Å²) < 4.78 is 12.4. The molecule has 0 spiro atoms. The van der Waals surface area contributed by atoms with Crippen LogP contribution in [0.1, 0.15) is 72.2 Å². The summed E-state index contributed by atoms with van der Waals surface area (Å²) in [7, 11) is 1.66. The van der Waals surface area contributed by atoms with E-state index in [2.05, 4.69) is 86.3 Å². The van der Waals surface area contributed by atoms with E-state index >= 15 is 0 Å². The number of nitrogens with one attached hydrogen (secondary N) is 2. The Morgan fingerprint density at radius 2 is 1.69 bits per heavy atom. The molecule has 1 fully saturated rings. The Morgan fingerprint density at radius 3 is 2.38 bits per heavy atom. The van der Waals surface area contributed by atoms with Crippen LogP contribution in [0.3, 0.4) is 0 Å². The molecule has 1 saturated heterocycles. The molecule has 0 amide bonds. The molecule has 2 N–H and O–H groups in total. The van der Waals surface area contributed by atoms with Crippen LogP contribution in [0, 0.1) is 0 Å². The predicted molar refractivity (Wildman–Crippen MR) is 133 cm³/mol. The standard InChI is InChI=1S/C26H36BN3O2/c1-7-8-9-10-22(28-6)24-29-17-23(30-24)20-12-11-19-16-21(14-13-18(19)15-20)27-31-25(2,3)26(4,5)32-27/h11-17,22,28H,7-10H2,1-6H3,(H,29,30). The van der Waals surface area contributed by atoms with Crippen LogP contribution in [0.5, 0.6) is 0 Å². The molecular formula is C26H36BN3O2. The van der Waals surface area contributed by atoms with E-state index in [-0.39, 0.29) is 24.4 Å². The van der Waals surface area contributed by atoms with Gasteiger partial charge in [-0.1, -0.05) is 56.5 Å². The average molecular weight is 433 g/mol. The molecular weight excluding hydrogens is 397 g/mol. The largest absolute Gasteiger partial charge is 0.494 e. The van der Waals surface area contributed by atoms with E-state index in [0.717, 1.165) is 29.0 Å². The van der Waals surface area contributed by atoms with Crippen molar-refractivity contribution in [2.24, 2.45) is 0 Å². The summed E-state index contributed by atoms with van der Waals surface area (Å²) in [4.78, 5) is 8.20. The Labute approximate surface area is 192 Å². The van der Waals surface area contributed by atoms with Crippen molar-refractivity contribution in [2.45, 2.75) is 77.5 Å². The van der Waals surface area contributed by atoms with Gasteiger partial charge in [-0.15, -0.1) is 0 Å². The summed E-state index contributed by atoms with van der Waals surface area (Å²) in [6, 6.07) is 13.2. The fourth-order valence-electron chi connectivity index (χ4n) is 4.23. The molecule has 6 heteroatoms. The highest BCUT2D eigenvalue weighted by Gasteiger charge is 2.51. The van der Waals surface area contributed by atoms with E-state index < -0.39 is 0 Å². The molecule has 5 nitrogen and oxygen atoms in total. The number of imidazole rings is 1. The molecule has 0 radical (unpaired) electrons. The summed E-state index contributed by atoms with van der Waals surface area (Å²) in [5.41, 5.74) is 2.57. The third-order valence-electron chi connectivity index (χ3n) is 7.07. The van der Waals surface area contributed by atoms with Crippen LogP contribution in [0.4, 0.5) is 0 Å². The molecule has 2 aromatic carbocycles. The Kier molecular flexibility index (Phi) is 6.48. The Balaban J connectivity index is 1.54. The van der Waals surface area contributed by atoms with E-state index in [1.807, 2.05) is 13.2 Å². The third-order valence-corrected chi connectivity index (χ3v) is 7.07. The number of H-pyrrole nitrogens is 1. The summed E-state index contributed by atoms with van der Waals surface area (Å²) >= 11 is 0. The molecule has 0 bridgehead atoms. The Bertz CT molecular complexity index is 1060. The molecule has 4 rings (SSSR count). The molecule has 1 atom stereocenters. The molecule has 3 aromatic rings. The lowest BCUT2D eigenvalue weighted by Gasteiger charge is -2.32. The van der Waals surface area contributed by atoms with Gasteiger partial charge >= 0.3 is 7.12 Å². The van der Waals surface area contributed by atoms with Crippen LogP contribution in [-0.4, -0.2) is 35.3 Å². The summed E-state index contributed by atoms with van der Waals surface area (Å²) in [5.74, 6) is 1.01. The second-order valence-corrected chi connectivity index (χ2v) is 9.93. The Morgan fingerprint density at radius 1 is 1.00 bits per heavy atom. The number of fused-ring (bicyclic) bond motifs is 1. The zero-order chi connectivity index (χ0) is 22.9. The van der Waals surface area contributed by atoms with Gasteiger partial charge in [0.2, 0.25) is 0 Å². The van der Waals surface area contributed by atoms with Crippen molar-refractivity contribution in [3.8, 4) is 11.3 Å². The highest BCUT2D eigenvalue weighted by atomic mass is 16.7. The third kappa shape index (κ3) is 4.49. The minimum atomic E-state index is -0.342. The summed E-state index contributed by atoms with van der Waals surface area (Å²) in [5, 5.41) is 5.76. The van der Waals surface area contributed by atoms with Crippen LogP contribution in [0.2, 0.25) is 0 Å². The molecule has 1 unspecified atom stereocenters. The zero-order valence-electron chi connectivity index (χ0n) is 20.3. The number of aromatic amines is 1. The number of hydrogen-bond donors (Lipinski definition) is 2. The van der Waals surface area contributed by atoms with Crippen LogP contribution in [0.15, 0.2) is 42.6 Å². The normalized spacial score (nSPS) is 18.4. The highest BCUT2D eigenvalue weighted by molar-refractivity contribution is 6.62. The van der Waals surface area contributed by atoms with Gasteiger partial charge < -0.3 is 19.6 Å². The van der Waals surface area contributed by atoms with Gasteiger partial charge in [0.25, 0.3) is 0 Å². The SMILES string of the molecule is CCCCCC(NC)c1ncc(-c2ccc3cc(B4OC(C)(C)C(C)(C)O4)ccc3c2)[nH]1. The smallest absolute Gasteiger partial charge is 0.399 e. The fourth-order valence-corrected chi connectivity index (χ4v) is 4.23. The van der Waals surface area contributed by atoms with Crippen molar-refractivity contribution in [3.05, 3.63) is 48.4 Å². The molecule has 1 aliphatic heterocycles. The maximum atomic E-state index is 6.22. The monoisotopic (exact) mass is 433 g/mol. The summed E-state index contributed by atoms with van der Waals surface area (Å²) in [6.07, 6.45) is 6.73. The first-order valence-corrected chi connectivity index (χ1v) is 11.9. The first-order chi connectivity index (χ1) is 15.2. The maximum Gasteiger partial charge on any atom is 0.494 e. The number of unbranched alkanes of at least 4 members (excludes halogenated alkanes) is 2. The van der Waals surface area contributed by atoms with E-state index in [1.165, 1.54) is 30.0 Å². The molecule has 170 valence electrons. The molecule has 0 saturated carbocycles. The van der Waals surface area contributed by atoms with Crippen molar-refractivity contribution < 1.29 is 9.31 Å². The quantitative estimate of drug-likeness (QED) is 0.370. The molecule has 2 heterocycles. The van der Waals surface area contributed by atoms with Crippen LogP contribution < -0.4 is 10.8 Å². The summed E-state index contributed by atoms with van der Waals surface area (Å²) in [6.45, 7) is 10.6. The first kappa shape index (κ1) is 23.0. The molecule has 32 heavy (non-hydrogen) atoms. The van der Waals surface area contributed by atoms with Crippen LogP contribution >= 0.6 is 0 Å². The number of benzene rings is 2. The van der Waals surface area contributed by atoms with Crippen LogP contribution in [0.25, 0.3) is 22.0 Å². The van der Waals surface area contributed by atoms with Gasteiger partial charge in [0.05, 0.1) is 29.1 Å². The molecule has 1 aliphatic rings. The number of aromatic nitrogens is 2. The van der Waals surface area contributed by atoms with Crippen LogP contribution in [-0.2, 0) is 9.31 Å². The van der Waals surface area contributed by atoms with Gasteiger partial charge in [0, 0.05) is 5.56 Å². The van der Waals surface area contributed by atoms with Gasteiger partial charge in [-0.25, -0.2) is 4.98 Å². The van der Waals surface area contributed by atoms with Gasteiger partial charge in [-0.05, 0) is 63.5 Å². The molecule has 0 aliphatic carbocycles. The second kappa shape index (κ2) is 9.01. The minimum absolute atomic E-state index is 0.262. The van der Waals surface area contributed by atoms with Crippen molar-refractivity contribution in [1.82, 2.24) is 15.3 Å². The molecule has 1 aromatic heterocycles. The second-order valence-electron chi connectivity index (χ2n) is 9.93. The number of nitrogens with zero attached hydrogens (tertiary/aromatic N) is 1. The van der Waals surface area contributed by atoms with Crippen molar-refractivity contribution in [3.63, 3.8) is 0 Å². The van der Waals surface area contributed by atoms with Crippen molar-refractivity contribution >= 4 is 23.4 Å². The van der Waals surface area contributed by atoms with E-state index in [1.54, 1.807) is 0 Å². The van der Waals surface area contributed by atoms with Crippen molar-refractivity contribution in [1.29, 1.82) is 0 Å². The van der Waals surface area contributed by atoms with Crippen molar-refractivity contribution in [2.75, 3.05) is 7.05 Å². The lowest BCUT2D eigenvalue weighted by molar-refractivity contribution is 0.00578. The average Bonchev–Trinajstić information content (AvgIpc) is 3.33. The zero-order valence-corrected chi connectivity index (χ0v) is 20.3. The topological polar surface area (TPSA) is 59.2 Å². The van der Waals surface area contributed by atoms with Gasteiger partial charge in [-0.2, -0.15) is 0 Å². The van der Waals surface area contributed by atoms with Gasteiger partial charge in [0.15, 0.2) is 0 Å². The fraction of sp³-hybridized carbons (Fsp3) is 0.500. The van der Waals surface area contributed by atoms with E-state index in [9.17, 15) is 0 Å². The van der Waals surface area contributed by atoms with Gasteiger partial charge in [0.1, 0.15) is 5.82 Å². The first-order valence-electron chi connectivity index (χ1n) is 11.9. The van der Waals surface area contributed by atoms with E-state index in [4.69, 9.17) is 9.31 Å². The lowest BCUT2D eigenvalue weighted by atomic mass is 9.78. The van der Waals surface area contributed by atoms with Gasteiger partial charge in [-0.3, -0.25) is 0 Å². The number of rotatable bonds is 8. The Hall–Kier alpha value is -2.15. The van der Waals surface area contributed by atoms with E-state index in [0.29, 0.717) is 0 Å².